The molecule has 0 amide bonds. The van der Waals surface area contributed by atoms with Crippen LogP contribution in [0.15, 0.2) is 60.7 Å². The summed E-state index contributed by atoms with van der Waals surface area (Å²) >= 11 is 6.19. The van der Waals surface area contributed by atoms with E-state index in [1.54, 1.807) is 6.07 Å². The molecule has 0 aliphatic rings. The summed E-state index contributed by atoms with van der Waals surface area (Å²) < 4.78 is 2.15. The van der Waals surface area contributed by atoms with Crippen molar-refractivity contribution in [1.29, 1.82) is 0 Å². The van der Waals surface area contributed by atoms with E-state index in [0.29, 0.717) is 22.0 Å². The molecule has 2 heterocycles. The smallest absolute Gasteiger partial charge is 0.206 e. The fourth-order valence-electron chi connectivity index (χ4n) is 3.37. The van der Waals surface area contributed by atoms with Gasteiger partial charge in [-0.25, -0.2) is 0 Å². The van der Waals surface area contributed by atoms with Crippen LogP contribution in [-0.2, 0) is 13.1 Å². The predicted octanol–water partition coefficient (Wildman–Crippen LogP) is 4.34. The van der Waals surface area contributed by atoms with Gasteiger partial charge in [-0.3, -0.25) is 4.79 Å². The number of hydrogen-bond donors (Lipinski definition) is 0. The summed E-state index contributed by atoms with van der Waals surface area (Å²) in [5.74, 6) is 0.346. The summed E-state index contributed by atoms with van der Waals surface area (Å²) in [6.45, 7) is 4.72. The van der Waals surface area contributed by atoms with Crippen molar-refractivity contribution in [2.75, 3.05) is 0 Å². The second-order valence-electron chi connectivity index (χ2n) is 6.90. The van der Waals surface area contributed by atoms with E-state index in [2.05, 4.69) is 32.1 Å². The van der Waals surface area contributed by atoms with Gasteiger partial charge in [0.15, 0.2) is 5.78 Å². The number of ketones is 1. The van der Waals surface area contributed by atoms with Gasteiger partial charge in [-0.2, -0.15) is 4.80 Å². The summed E-state index contributed by atoms with van der Waals surface area (Å²) in [5, 5.41) is 12.9. The van der Waals surface area contributed by atoms with Crippen molar-refractivity contribution in [1.82, 2.24) is 24.8 Å². The van der Waals surface area contributed by atoms with Gasteiger partial charge in [0.05, 0.1) is 5.02 Å². The van der Waals surface area contributed by atoms with Crippen molar-refractivity contribution < 1.29 is 4.79 Å². The second kappa shape index (κ2) is 8.01. The molecular weight excluding hydrogens is 386 g/mol. The minimum Gasteiger partial charge on any atom is -0.344 e. The molecule has 2 aromatic heterocycles. The van der Waals surface area contributed by atoms with Gasteiger partial charge in [-0.05, 0) is 42.8 Å². The first kappa shape index (κ1) is 19.1. The molecule has 0 aliphatic carbocycles. The zero-order chi connectivity index (χ0) is 20.4. The molecule has 29 heavy (non-hydrogen) atoms. The zero-order valence-corrected chi connectivity index (χ0v) is 17.0. The van der Waals surface area contributed by atoms with Crippen molar-refractivity contribution in [3.05, 3.63) is 88.2 Å². The molecule has 7 heteroatoms. The number of carbonyl (C=O) groups excluding carboxylic acids is 1. The maximum absolute atomic E-state index is 12.9. The minimum absolute atomic E-state index is 0.0209. The Morgan fingerprint density at radius 1 is 1.03 bits per heavy atom. The summed E-state index contributed by atoms with van der Waals surface area (Å²) in [5.41, 5.74) is 4.53. The maximum atomic E-state index is 12.9. The lowest BCUT2D eigenvalue weighted by atomic mass is 10.1. The Balaban J connectivity index is 1.54. The van der Waals surface area contributed by atoms with E-state index in [9.17, 15) is 4.79 Å². The molecule has 0 fully saturated rings. The summed E-state index contributed by atoms with van der Waals surface area (Å²) in [6.07, 6.45) is 0. The van der Waals surface area contributed by atoms with Crippen LogP contribution in [0.2, 0.25) is 5.02 Å². The Morgan fingerprint density at radius 2 is 1.76 bits per heavy atom. The molecule has 6 nitrogen and oxygen atoms in total. The van der Waals surface area contributed by atoms with Crippen molar-refractivity contribution >= 4 is 17.4 Å². The Morgan fingerprint density at radius 3 is 2.52 bits per heavy atom. The van der Waals surface area contributed by atoms with Crippen LogP contribution in [0.5, 0.6) is 0 Å². The zero-order valence-electron chi connectivity index (χ0n) is 16.2. The SMILES string of the molecule is Cc1cc(C(=O)Cn2nnc(-c3ccccc3Cl)n2)c(C)n1Cc1ccccc1. The van der Waals surface area contributed by atoms with Gasteiger partial charge in [0.1, 0.15) is 6.54 Å². The van der Waals surface area contributed by atoms with E-state index in [4.69, 9.17) is 11.6 Å². The van der Waals surface area contributed by atoms with Gasteiger partial charge in [0.25, 0.3) is 0 Å². The van der Waals surface area contributed by atoms with E-state index in [-0.39, 0.29) is 12.3 Å². The van der Waals surface area contributed by atoms with Crippen LogP contribution in [0.3, 0.4) is 0 Å². The topological polar surface area (TPSA) is 65.6 Å². The van der Waals surface area contributed by atoms with Crippen LogP contribution in [0.1, 0.15) is 27.3 Å². The van der Waals surface area contributed by atoms with Gasteiger partial charge in [0.2, 0.25) is 5.82 Å². The quantitative estimate of drug-likeness (QED) is 0.447. The van der Waals surface area contributed by atoms with E-state index in [1.807, 2.05) is 56.3 Å². The van der Waals surface area contributed by atoms with Gasteiger partial charge in [-0.15, -0.1) is 10.2 Å². The number of rotatable bonds is 6. The molecule has 4 rings (SSSR count). The number of carbonyl (C=O) groups is 1. The number of nitrogens with zero attached hydrogens (tertiary/aromatic N) is 5. The Labute approximate surface area is 173 Å². The fraction of sp³-hybridized carbons (Fsp3) is 0.182. The van der Waals surface area contributed by atoms with Crippen LogP contribution in [0.25, 0.3) is 11.4 Å². The van der Waals surface area contributed by atoms with Gasteiger partial charge < -0.3 is 4.57 Å². The highest BCUT2D eigenvalue weighted by Gasteiger charge is 2.18. The number of aromatic nitrogens is 5. The molecule has 0 saturated carbocycles. The third-order valence-electron chi connectivity index (χ3n) is 4.91. The molecule has 0 bridgehead atoms. The van der Waals surface area contributed by atoms with E-state index in [1.165, 1.54) is 10.4 Å². The largest absolute Gasteiger partial charge is 0.344 e. The van der Waals surface area contributed by atoms with Crippen molar-refractivity contribution in [3.8, 4) is 11.4 Å². The molecule has 0 spiro atoms. The van der Waals surface area contributed by atoms with Gasteiger partial charge in [-0.1, -0.05) is 54.1 Å². The lowest BCUT2D eigenvalue weighted by Gasteiger charge is -2.10. The number of hydrogen-bond acceptors (Lipinski definition) is 4. The van der Waals surface area contributed by atoms with Crippen LogP contribution in [0.4, 0.5) is 0 Å². The summed E-state index contributed by atoms with van der Waals surface area (Å²) in [7, 11) is 0. The normalized spacial score (nSPS) is 11.0. The number of tetrazole rings is 1. The van der Waals surface area contributed by atoms with Crippen LogP contribution in [0, 0.1) is 13.8 Å². The second-order valence-corrected chi connectivity index (χ2v) is 7.31. The number of Topliss-reactive ketones (excluding diaryl/α,β-unsaturated/α-hetero) is 1. The highest BCUT2D eigenvalue weighted by atomic mass is 35.5. The fourth-order valence-corrected chi connectivity index (χ4v) is 3.59. The van der Waals surface area contributed by atoms with Crippen molar-refractivity contribution in [2.45, 2.75) is 26.9 Å². The maximum Gasteiger partial charge on any atom is 0.206 e. The average Bonchev–Trinajstić information content (AvgIpc) is 3.29. The van der Waals surface area contributed by atoms with E-state index in [0.717, 1.165) is 17.9 Å². The lowest BCUT2D eigenvalue weighted by Crippen LogP contribution is -2.14. The van der Waals surface area contributed by atoms with Crippen LogP contribution in [-0.4, -0.2) is 30.6 Å². The predicted molar refractivity (Wildman–Crippen MR) is 112 cm³/mol. The monoisotopic (exact) mass is 405 g/mol. The average molecular weight is 406 g/mol. The summed E-state index contributed by atoms with van der Waals surface area (Å²) in [6, 6.07) is 19.4. The van der Waals surface area contributed by atoms with Crippen molar-refractivity contribution in [3.63, 3.8) is 0 Å². The molecule has 0 atom stereocenters. The number of halogens is 1. The standard InChI is InChI=1S/C22H20ClN5O/c1-15-12-19(16(2)27(15)13-17-8-4-3-5-9-17)21(29)14-28-25-22(24-26-28)18-10-6-7-11-20(18)23/h3-12H,13-14H2,1-2H3. The molecular formula is C22H20ClN5O. The Bertz CT molecular complexity index is 1160. The van der Waals surface area contributed by atoms with Crippen LogP contribution >= 0.6 is 11.6 Å². The first-order valence-corrected chi connectivity index (χ1v) is 9.67. The highest BCUT2D eigenvalue weighted by molar-refractivity contribution is 6.33. The van der Waals surface area contributed by atoms with Gasteiger partial charge >= 0.3 is 0 Å². The minimum atomic E-state index is -0.0551. The molecule has 4 aromatic rings. The molecule has 2 aromatic carbocycles. The highest BCUT2D eigenvalue weighted by Crippen LogP contribution is 2.24. The lowest BCUT2D eigenvalue weighted by molar-refractivity contribution is 0.0960. The number of aryl methyl sites for hydroxylation is 1. The molecule has 0 N–H and O–H groups in total. The first-order chi connectivity index (χ1) is 14.0. The first-order valence-electron chi connectivity index (χ1n) is 9.29. The van der Waals surface area contributed by atoms with Crippen molar-refractivity contribution in [2.24, 2.45) is 0 Å². The summed E-state index contributed by atoms with van der Waals surface area (Å²) in [4.78, 5) is 14.2. The molecule has 0 aliphatic heterocycles. The number of benzene rings is 2. The van der Waals surface area contributed by atoms with Gasteiger partial charge in [0, 0.05) is 29.1 Å². The molecule has 146 valence electrons. The third-order valence-corrected chi connectivity index (χ3v) is 5.24. The van der Waals surface area contributed by atoms with Crippen LogP contribution < -0.4 is 0 Å². The molecule has 0 saturated heterocycles. The van der Waals surface area contributed by atoms with E-state index < -0.39 is 0 Å². The Kier molecular flexibility index (Phi) is 5.27. The molecule has 0 unspecified atom stereocenters. The third kappa shape index (κ3) is 3.98. The molecule has 0 radical (unpaired) electrons. The Hall–Kier alpha value is -3.25. The van der Waals surface area contributed by atoms with E-state index >= 15 is 0 Å².